The first-order chi connectivity index (χ1) is 12.1. The number of aliphatic hydroxyl groups excluding tert-OH is 1. The zero-order valence-electron chi connectivity index (χ0n) is 14.9. The molecule has 6 heteroatoms. The van der Waals surface area contributed by atoms with E-state index in [0.29, 0.717) is 6.61 Å². The summed E-state index contributed by atoms with van der Waals surface area (Å²) in [5, 5.41) is 16.3. The molecule has 2 fully saturated rings. The molecule has 0 amide bonds. The van der Waals surface area contributed by atoms with Gasteiger partial charge in [0.1, 0.15) is 0 Å². The Bertz CT molecular complexity index is 610. The molecule has 5 nitrogen and oxygen atoms in total. The van der Waals surface area contributed by atoms with Crippen LogP contribution in [0.25, 0.3) is 0 Å². The van der Waals surface area contributed by atoms with Gasteiger partial charge in [0.2, 0.25) is 0 Å². The second kappa shape index (κ2) is 8.06. The number of nitrogens with zero attached hydrogens (tertiary/aromatic N) is 1. The van der Waals surface area contributed by atoms with E-state index in [4.69, 9.17) is 4.74 Å². The minimum absolute atomic E-state index is 0.0199. The summed E-state index contributed by atoms with van der Waals surface area (Å²) in [5.74, 6) is 0.822. The average Bonchev–Trinajstić information content (AvgIpc) is 3.27. The van der Waals surface area contributed by atoms with Gasteiger partial charge in [-0.05, 0) is 37.3 Å². The summed E-state index contributed by atoms with van der Waals surface area (Å²) in [6.45, 7) is 3.33. The number of hydrogen-bond donors (Lipinski definition) is 3. The third-order valence-electron chi connectivity index (χ3n) is 5.57. The van der Waals surface area contributed by atoms with E-state index in [-0.39, 0.29) is 17.4 Å². The average molecular weight is 410 g/mol. The molecule has 138 valence electrons. The van der Waals surface area contributed by atoms with Crippen molar-refractivity contribution in [1.82, 2.24) is 10.6 Å². The quantitative estimate of drug-likeness (QED) is 0.477. The maximum absolute atomic E-state index is 9.35. The highest BCUT2D eigenvalue weighted by Crippen LogP contribution is 2.49. The Morgan fingerprint density at radius 2 is 2.00 bits per heavy atom. The summed E-state index contributed by atoms with van der Waals surface area (Å²) in [5.41, 5.74) is 1.60. The zero-order valence-corrected chi connectivity index (χ0v) is 16.4. The molecular weight excluding hydrogens is 382 g/mol. The van der Waals surface area contributed by atoms with Crippen molar-refractivity contribution in [3.05, 3.63) is 34.3 Å². The molecule has 1 aliphatic heterocycles. The minimum Gasteiger partial charge on any atom is -0.396 e. The van der Waals surface area contributed by atoms with Gasteiger partial charge in [-0.3, -0.25) is 4.99 Å². The summed E-state index contributed by atoms with van der Waals surface area (Å²) in [7, 11) is 1.80. The van der Waals surface area contributed by atoms with Crippen LogP contribution in [0.4, 0.5) is 0 Å². The van der Waals surface area contributed by atoms with E-state index >= 15 is 0 Å². The van der Waals surface area contributed by atoms with E-state index in [1.807, 2.05) is 0 Å². The molecule has 0 radical (unpaired) electrons. The molecule has 3 rings (SSSR count). The molecule has 1 aliphatic carbocycles. The van der Waals surface area contributed by atoms with Gasteiger partial charge >= 0.3 is 0 Å². The fourth-order valence-electron chi connectivity index (χ4n) is 3.64. The SMILES string of the molecule is CN=C(NCC1(CCO)CCOC1)NCC1(c2ccccc2Br)CC1. The normalized spacial score (nSPS) is 25.0. The molecule has 0 aromatic heterocycles. The van der Waals surface area contributed by atoms with E-state index in [9.17, 15) is 5.11 Å². The summed E-state index contributed by atoms with van der Waals surface area (Å²) in [6.07, 6.45) is 4.14. The van der Waals surface area contributed by atoms with Gasteiger partial charge in [-0.2, -0.15) is 0 Å². The number of guanidine groups is 1. The lowest BCUT2D eigenvalue weighted by molar-refractivity contribution is 0.127. The molecule has 1 saturated carbocycles. The number of ether oxygens (including phenoxy) is 1. The van der Waals surface area contributed by atoms with E-state index in [1.165, 1.54) is 22.9 Å². The molecule has 0 bridgehead atoms. The number of hydrogen-bond acceptors (Lipinski definition) is 3. The number of benzene rings is 1. The molecule has 1 saturated heterocycles. The first-order valence-electron chi connectivity index (χ1n) is 9.01. The number of aliphatic imine (C=N–C) groups is 1. The van der Waals surface area contributed by atoms with Crippen LogP contribution in [0.1, 0.15) is 31.2 Å². The predicted octanol–water partition coefficient (Wildman–Crippen LogP) is 2.43. The predicted molar refractivity (Wildman–Crippen MR) is 104 cm³/mol. The first-order valence-corrected chi connectivity index (χ1v) is 9.81. The standard InChI is InChI=1S/C19H28BrN3O2/c1-21-17(22-12-18(8-10-24)9-11-25-14-18)23-13-19(6-7-19)15-4-2-3-5-16(15)20/h2-5,24H,6-14H2,1H3,(H2,21,22,23). The van der Waals surface area contributed by atoms with Crippen molar-refractivity contribution in [2.45, 2.75) is 31.1 Å². The largest absolute Gasteiger partial charge is 0.396 e. The first kappa shape index (κ1) is 18.7. The van der Waals surface area contributed by atoms with Gasteiger partial charge in [0.05, 0.1) is 6.61 Å². The van der Waals surface area contributed by atoms with Gasteiger partial charge in [0.15, 0.2) is 5.96 Å². The fraction of sp³-hybridized carbons (Fsp3) is 0.632. The Balaban J connectivity index is 1.56. The van der Waals surface area contributed by atoms with Crippen molar-refractivity contribution in [1.29, 1.82) is 0 Å². The van der Waals surface area contributed by atoms with Gasteiger partial charge in [-0.25, -0.2) is 0 Å². The Labute approximate surface area is 158 Å². The van der Waals surface area contributed by atoms with E-state index in [0.717, 1.165) is 38.5 Å². The van der Waals surface area contributed by atoms with Crippen molar-refractivity contribution in [2.24, 2.45) is 10.4 Å². The number of nitrogens with one attached hydrogen (secondary N) is 2. The van der Waals surface area contributed by atoms with Crippen LogP contribution in [-0.2, 0) is 10.2 Å². The number of aliphatic hydroxyl groups is 1. The molecule has 1 atom stereocenters. The monoisotopic (exact) mass is 409 g/mol. The van der Waals surface area contributed by atoms with E-state index < -0.39 is 0 Å². The molecule has 25 heavy (non-hydrogen) atoms. The Morgan fingerprint density at radius 3 is 2.60 bits per heavy atom. The van der Waals surface area contributed by atoms with Crippen molar-refractivity contribution in [2.75, 3.05) is 40.0 Å². The van der Waals surface area contributed by atoms with Crippen LogP contribution >= 0.6 is 15.9 Å². The minimum atomic E-state index is 0.0199. The van der Waals surface area contributed by atoms with Crippen molar-refractivity contribution < 1.29 is 9.84 Å². The lowest BCUT2D eigenvalue weighted by Gasteiger charge is -2.28. The lowest BCUT2D eigenvalue weighted by Crippen LogP contribution is -2.46. The van der Waals surface area contributed by atoms with Crippen LogP contribution < -0.4 is 10.6 Å². The van der Waals surface area contributed by atoms with E-state index in [2.05, 4.69) is 55.8 Å². The summed E-state index contributed by atoms with van der Waals surface area (Å²) < 4.78 is 6.74. The topological polar surface area (TPSA) is 65.9 Å². The highest BCUT2D eigenvalue weighted by molar-refractivity contribution is 9.10. The Morgan fingerprint density at radius 1 is 1.24 bits per heavy atom. The van der Waals surface area contributed by atoms with Crippen LogP contribution in [0.5, 0.6) is 0 Å². The molecule has 1 aromatic rings. The fourth-order valence-corrected chi connectivity index (χ4v) is 4.35. The van der Waals surface area contributed by atoms with Crippen LogP contribution in [0.2, 0.25) is 0 Å². The molecular formula is C19H28BrN3O2. The van der Waals surface area contributed by atoms with Crippen molar-refractivity contribution in [3.8, 4) is 0 Å². The molecule has 2 aliphatic rings. The molecule has 1 aromatic carbocycles. The van der Waals surface area contributed by atoms with Crippen LogP contribution in [0.15, 0.2) is 33.7 Å². The van der Waals surface area contributed by atoms with E-state index in [1.54, 1.807) is 7.05 Å². The van der Waals surface area contributed by atoms with Crippen LogP contribution in [0, 0.1) is 5.41 Å². The lowest BCUT2D eigenvalue weighted by atomic mass is 9.84. The smallest absolute Gasteiger partial charge is 0.191 e. The van der Waals surface area contributed by atoms with Gasteiger partial charge in [0.25, 0.3) is 0 Å². The summed E-state index contributed by atoms with van der Waals surface area (Å²) in [4.78, 5) is 4.37. The maximum atomic E-state index is 9.35. The second-order valence-corrected chi connectivity index (χ2v) is 8.17. The Kier molecular flexibility index (Phi) is 6.02. The molecule has 1 unspecified atom stereocenters. The van der Waals surface area contributed by atoms with Crippen molar-refractivity contribution in [3.63, 3.8) is 0 Å². The molecule has 3 N–H and O–H groups in total. The maximum Gasteiger partial charge on any atom is 0.191 e. The molecule has 0 spiro atoms. The van der Waals surface area contributed by atoms with Crippen LogP contribution in [-0.4, -0.2) is 51.0 Å². The third-order valence-corrected chi connectivity index (χ3v) is 6.27. The number of rotatable bonds is 7. The van der Waals surface area contributed by atoms with Gasteiger partial charge < -0.3 is 20.5 Å². The zero-order chi connectivity index (χ0) is 17.8. The highest BCUT2D eigenvalue weighted by atomic mass is 79.9. The third kappa shape index (κ3) is 4.36. The van der Waals surface area contributed by atoms with Crippen molar-refractivity contribution >= 4 is 21.9 Å². The second-order valence-electron chi connectivity index (χ2n) is 7.32. The van der Waals surface area contributed by atoms with Gasteiger partial charge in [-0.15, -0.1) is 0 Å². The van der Waals surface area contributed by atoms with Gasteiger partial charge in [-0.1, -0.05) is 34.1 Å². The van der Waals surface area contributed by atoms with Gasteiger partial charge in [0, 0.05) is 48.7 Å². The highest BCUT2D eigenvalue weighted by Gasteiger charge is 2.45. The van der Waals surface area contributed by atoms with Crippen LogP contribution in [0.3, 0.4) is 0 Å². The Hall–Kier alpha value is -1.11. The number of halogens is 1. The summed E-state index contributed by atoms with van der Waals surface area (Å²) in [6, 6.07) is 8.48. The molecule has 1 heterocycles. The summed E-state index contributed by atoms with van der Waals surface area (Å²) >= 11 is 3.68.